The van der Waals surface area contributed by atoms with Gasteiger partial charge in [0.2, 0.25) is 0 Å². The van der Waals surface area contributed by atoms with E-state index in [4.69, 9.17) is 0 Å². The molecule has 4 rings (SSSR count). The van der Waals surface area contributed by atoms with Crippen LogP contribution in [0.4, 0.5) is 0 Å². The molecule has 1 nitrogen and oxygen atoms in total. The number of piperidine rings is 1. The molecule has 1 heterocycles. The summed E-state index contributed by atoms with van der Waals surface area (Å²) in [6, 6.07) is 33.3. The summed E-state index contributed by atoms with van der Waals surface area (Å²) < 4.78 is 2.66. The SMILES string of the molecule is [Sn][N]1CCCC(c2ccccc2)C1(c1ccccc1)c1ccccc1. The molecule has 1 unspecified atom stereocenters. The molecule has 123 valence electrons. The van der Waals surface area contributed by atoms with Gasteiger partial charge in [0.05, 0.1) is 0 Å². The minimum absolute atomic E-state index is 0.0829. The fraction of sp³-hybridized carbons (Fsp3) is 0.217. The van der Waals surface area contributed by atoms with Crippen LogP contribution in [0.5, 0.6) is 0 Å². The molecule has 2 heteroatoms. The molecule has 1 fully saturated rings. The quantitative estimate of drug-likeness (QED) is 0.534. The van der Waals surface area contributed by atoms with Gasteiger partial charge in [-0.25, -0.2) is 0 Å². The van der Waals surface area contributed by atoms with Crippen LogP contribution in [0.3, 0.4) is 0 Å². The average molecular weight is 431 g/mol. The van der Waals surface area contributed by atoms with Crippen molar-refractivity contribution in [2.45, 2.75) is 24.3 Å². The normalized spacial score (nSPS) is 20.3. The monoisotopic (exact) mass is 432 g/mol. The molecule has 0 bridgehead atoms. The van der Waals surface area contributed by atoms with Gasteiger partial charge in [-0.3, -0.25) is 0 Å². The number of nitrogens with zero attached hydrogens (tertiary/aromatic N) is 1. The van der Waals surface area contributed by atoms with E-state index in [-0.39, 0.29) is 5.54 Å². The Morgan fingerprint density at radius 1 is 0.720 bits per heavy atom. The van der Waals surface area contributed by atoms with Crippen LogP contribution in [0.1, 0.15) is 35.4 Å². The zero-order chi connectivity index (χ0) is 17.1. The van der Waals surface area contributed by atoms with Crippen LogP contribution in [0.15, 0.2) is 91.0 Å². The fourth-order valence-corrected chi connectivity index (χ4v) is 6.02. The topological polar surface area (TPSA) is 3.24 Å². The number of rotatable bonds is 3. The third kappa shape index (κ3) is 2.94. The van der Waals surface area contributed by atoms with E-state index in [1.165, 1.54) is 52.3 Å². The Hall–Kier alpha value is -1.58. The van der Waals surface area contributed by atoms with Crippen LogP contribution < -0.4 is 0 Å². The van der Waals surface area contributed by atoms with Gasteiger partial charge in [-0.15, -0.1) is 0 Å². The second-order valence-corrected chi connectivity index (χ2v) is 8.30. The molecule has 0 spiro atoms. The molecule has 0 aliphatic carbocycles. The number of hydrogen-bond acceptors (Lipinski definition) is 1. The Balaban J connectivity index is 1.99. The van der Waals surface area contributed by atoms with Gasteiger partial charge in [-0.1, -0.05) is 0 Å². The second kappa shape index (κ2) is 7.35. The predicted octanol–water partition coefficient (Wildman–Crippen LogP) is 4.89. The van der Waals surface area contributed by atoms with Crippen molar-refractivity contribution in [3.63, 3.8) is 0 Å². The second-order valence-electron chi connectivity index (χ2n) is 6.76. The van der Waals surface area contributed by atoms with E-state index >= 15 is 0 Å². The summed E-state index contributed by atoms with van der Waals surface area (Å²) in [5.74, 6) is 0.464. The first-order valence-corrected chi connectivity index (χ1v) is 10.3. The van der Waals surface area contributed by atoms with Gasteiger partial charge >= 0.3 is 164 Å². The average Bonchev–Trinajstić information content (AvgIpc) is 2.70. The van der Waals surface area contributed by atoms with Crippen LogP contribution >= 0.6 is 0 Å². The maximum atomic E-state index is 2.66. The summed E-state index contributed by atoms with van der Waals surface area (Å²) in [5, 5.41) is 0. The molecule has 1 aliphatic rings. The van der Waals surface area contributed by atoms with Crippen molar-refractivity contribution >= 4 is 22.8 Å². The van der Waals surface area contributed by atoms with Crippen LogP contribution in [-0.2, 0) is 5.54 Å². The Labute approximate surface area is 164 Å². The van der Waals surface area contributed by atoms with Crippen molar-refractivity contribution in [3.05, 3.63) is 108 Å². The van der Waals surface area contributed by atoms with Gasteiger partial charge in [0.25, 0.3) is 0 Å². The van der Waals surface area contributed by atoms with Gasteiger partial charge in [-0.05, 0) is 0 Å². The number of benzene rings is 3. The first kappa shape index (κ1) is 16.9. The van der Waals surface area contributed by atoms with Crippen molar-refractivity contribution in [3.8, 4) is 0 Å². The molecule has 1 saturated heterocycles. The molecule has 25 heavy (non-hydrogen) atoms. The van der Waals surface area contributed by atoms with E-state index in [1.54, 1.807) is 0 Å². The van der Waals surface area contributed by atoms with E-state index in [0.717, 1.165) is 6.54 Å². The third-order valence-electron chi connectivity index (χ3n) is 5.43. The maximum absolute atomic E-state index is 2.66. The molecule has 1 atom stereocenters. The van der Waals surface area contributed by atoms with Crippen LogP contribution in [0.25, 0.3) is 0 Å². The van der Waals surface area contributed by atoms with Crippen LogP contribution in [0, 0.1) is 0 Å². The Morgan fingerprint density at radius 2 is 1.20 bits per heavy atom. The molecule has 0 amide bonds. The van der Waals surface area contributed by atoms with Crippen LogP contribution in [0.2, 0.25) is 0 Å². The summed E-state index contributed by atoms with van der Waals surface area (Å²) in [5.41, 5.74) is 4.18. The van der Waals surface area contributed by atoms with Crippen molar-refractivity contribution in [2.75, 3.05) is 6.54 Å². The van der Waals surface area contributed by atoms with E-state index in [2.05, 4.69) is 94.1 Å². The summed E-state index contributed by atoms with van der Waals surface area (Å²) in [7, 11) is 0. The van der Waals surface area contributed by atoms with Gasteiger partial charge in [0.1, 0.15) is 0 Å². The Morgan fingerprint density at radius 3 is 1.72 bits per heavy atom. The van der Waals surface area contributed by atoms with E-state index in [1.807, 2.05) is 0 Å². The zero-order valence-corrected chi connectivity index (χ0v) is 17.2. The Bertz CT molecular complexity index is 762. The first-order chi connectivity index (χ1) is 12.3. The summed E-state index contributed by atoms with van der Waals surface area (Å²) in [6.45, 7) is 1.16. The minimum atomic E-state index is -0.0829. The van der Waals surface area contributed by atoms with Gasteiger partial charge in [-0.2, -0.15) is 0 Å². The van der Waals surface area contributed by atoms with Crippen molar-refractivity contribution in [1.29, 1.82) is 0 Å². The summed E-state index contributed by atoms with van der Waals surface area (Å²) >= 11 is 1.49. The molecule has 1 aliphatic heterocycles. The molecule has 3 aromatic rings. The van der Waals surface area contributed by atoms with E-state index < -0.39 is 0 Å². The van der Waals surface area contributed by atoms with Gasteiger partial charge in [0, 0.05) is 0 Å². The zero-order valence-electron chi connectivity index (χ0n) is 14.3. The fourth-order valence-electron chi connectivity index (χ4n) is 4.39. The van der Waals surface area contributed by atoms with Crippen molar-refractivity contribution in [2.24, 2.45) is 0 Å². The van der Waals surface area contributed by atoms with Gasteiger partial charge < -0.3 is 0 Å². The molecule has 0 aromatic heterocycles. The van der Waals surface area contributed by atoms with Crippen molar-refractivity contribution < 1.29 is 0 Å². The van der Waals surface area contributed by atoms with E-state index in [9.17, 15) is 0 Å². The molecule has 0 saturated carbocycles. The molecule has 3 aromatic carbocycles. The van der Waals surface area contributed by atoms with Crippen molar-refractivity contribution in [1.82, 2.24) is 3.12 Å². The van der Waals surface area contributed by atoms with E-state index in [0.29, 0.717) is 5.92 Å². The molecular formula is C23H22NSn. The number of hydrogen-bond donors (Lipinski definition) is 0. The van der Waals surface area contributed by atoms with Gasteiger partial charge in [0.15, 0.2) is 0 Å². The molecular weight excluding hydrogens is 409 g/mol. The predicted molar refractivity (Wildman–Crippen MR) is 105 cm³/mol. The Kier molecular flexibility index (Phi) is 4.95. The summed E-state index contributed by atoms with van der Waals surface area (Å²) in [6.07, 6.45) is 2.48. The first-order valence-electron chi connectivity index (χ1n) is 8.98. The molecule has 3 radical (unpaired) electrons. The third-order valence-corrected chi connectivity index (χ3v) is 7.08. The standard InChI is InChI=1S/C23H22N.Sn/c1-4-11-19(12-5-1)22-17-10-18-24-23(22,20-13-6-2-7-14-20)21-15-8-3-9-16-21;/h1-9,11-16,22H,10,17-18H2;/q-1;+1. The van der Waals surface area contributed by atoms with Crippen LogP contribution in [-0.4, -0.2) is 32.5 Å². The molecule has 0 N–H and O–H groups in total. The summed E-state index contributed by atoms with van der Waals surface area (Å²) in [4.78, 5) is 0.